The predicted octanol–water partition coefficient (Wildman–Crippen LogP) is 3.65. The summed E-state index contributed by atoms with van der Waals surface area (Å²) in [6, 6.07) is 6.70. The largest absolute Gasteiger partial charge is 0.493 e. The van der Waals surface area contributed by atoms with Gasteiger partial charge in [-0.25, -0.2) is 13.2 Å². The molecule has 2 aromatic rings. The second-order valence-electron chi connectivity index (χ2n) is 6.07. The fourth-order valence-corrected chi connectivity index (χ4v) is 3.35. The highest BCUT2D eigenvalue weighted by Crippen LogP contribution is 2.52. The van der Waals surface area contributed by atoms with E-state index in [1.807, 2.05) is 0 Å². The minimum Gasteiger partial charge on any atom is -0.493 e. The minimum atomic E-state index is -3.31. The number of ether oxygens (including phenoxy) is 2. The van der Waals surface area contributed by atoms with Gasteiger partial charge in [0.15, 0.2) is 0 Å². The van der Waals surface area contributed by atoms with Crippen LogP contribution in [0.5, 0.6) is 17.2 Å². The third kappa shape index (κ3) is 2.50. The molecule has 7 heteroatoms. The quantitative estimate of drug-likeness (QED) is 0.901. The fourth-order valence-electron chi connectivity index (χ4n) is 3.35. The van der Waals surface area contributed by atoms with Crippen LogP contribution in [0.25, 0.3) is 0 Å². The molecule has 1 aliphatic heterocycles. The Labute approximate surface area is 141 Å². The normalized spacial score (nSPS) is 19.7. The van der Waals surface area contributed by atoms with Gasteiger partial charge in [-0.15, -0.1) is 0 Å². The van der Waals surface area contributed by atoms with Gasteiger partial charge in [0.25, 0.3) is 5.92 Å². The van der Waals surface area contributed by atoms with Crippen molar-refractivity contribution in [3.63, 3.8) is 0 Å². The molecule has 0 amide bonds. The van der Waals surface area contributed by atoms with Crippen molar-refractivity contribution in [3.8, 4) is 23.3 Å². The maximum absolute atomic E-state index is 14.1. The molecule has 1 atom stereocenters. The highest BCUT2D eigenvalue weighted by atomic mass is 19.3. The molecule has 4 rings (SSSR count). The number of aliphatic hydroxyl groups is 1. The molecule has 0 fully saturated rings. The number of benzene rings is 2. The van der Waals surface area contributed by atoms with Crippen molar-refractivity contribution in [1.82, 2.24) is 0 Å². The Morgan fingerprint density at radius 2 is 2.04 bits per heavy atom. The first-order valence-electron chi connectivity index (χ1n) is 7.65. The van der Waals surface area contributed by atoms with Crippen molar-refractivity contribution in [2.24, 2.45) is 0 Å². The van der Waals surface area contributed by atoms with E-state index in [2.05, 4.69) is 0 Å². The van der Waals surface area contributed by atoms with Crippen LogP contribution in [0.4, 0.5) is 13.2 Å². The molecule has 0 aromatic heterocycles. The van der Waals surface area contributed by atoms with Gasteiger partial charge in [-0.3, -0.25) is 0 Å². The summed E-state index contributed by atoms with van der Waals surface area (Å²) >= 11 is 0. The first kappa shape index (κ1) is 15.8. The van der Waals surface area contributed by atoms with Crippen LogP contribution >= 0.6 is 0 Å². The van der Waals surface area contributed by atoms with E-state index in [9.17, 15) is 18.3 Å². The Bertz CT molecular complexity index is 921. The van der Waals surface area contributed by atoms with E-state index in [1.165, 1.54) is 12.1 Å². The van der Waals surface area contributed by atoms with Crippen LogP contribution in [-0.4, -0.2) is 17.6 Å². The van der Waals surface area contributed by atoms with Gasteiger partial charge in [-0.05, 0) is 12.1 Å². The van der Waals surface area contributed by atoms with E-state index in [4.69, 9.17) is 14.7 Å². The standard InChI is InChI=1S/C18H12F3NO3/c19-10-3-9(8-22)4-11(5-10)25-15-6-14-12(1-2-24-14)16-13(15)7-18(20,21)17(16)23/h3-6,17,23H,1-2,7H2. The first-order chi connectivity index (χ1) is 11.9. The number of rotatable bonds is 2. The zero-order valence-corrected chi connectivity index (χ0v) is 12.9. The van der Waals surface area contributed by atoms with Gasteiger partial charge in [0.1, 0.15) is 29.2 Å². The number of fused-ring (bicyclic) bond motifs is 3. The van der Waals surface area contributed by atoms with Crippen LogP contribution in [0, 0.1) is 17.1 Å². The van der Waals surface area contributed by atoms with Gasteiger partial charge in [0.05, 0.1) is 18.2 Å². The lowest BCUT2D eigenvalue weighted by molar-refractivity contribution is -0.0970. The number of aliphatic hydroxyl groups excluding tert-OH is 1. The topological polar surface area (TPSA) is 62.5 Å². The Hall–Kier alpha value is -2.72. The van der Waals surface area contributed by atoms with Gasteiger partial charge in [0, 0.05) is 41.7 Å². The number of hydrogen-bond acceptors (Lipinski definition) is 4. The van der Waals surface area contributed by atoms with E-state index in [-0.39, 0.29) is 28.2 Å². The van der Waals surface area contributed by atoms with Crippen molar-refractivity contribution in [3.05, 3.63) is 52.3 Å². The van der Waals surface area contributed by atoms with Crippen LogP contribution in [0.2, 0.25) is 0 Å². The molecule has 1 aliphatic carbocycles. The van der Waals surface area contributed by atoms with Crippen molar-refractivity contribution in [2.45, 2.75) is 24.9 Å². The monoisotopic (exact) mass is 347 g/mol. The van der Waals surface area contributed by atoms with Gasteiger partial charge in [0.2, 0.25) is 0 Å². The molecule has 0 radical (unpaired) electrons. The van der Waals surface area contributed by atoms with Crippen LogP contribution in [0.15, 0.2) is 24.3 Å². The molecule has 0 saturated carbocycles. The smallest absolute Gasteiger partial charge is 0.281 e. The van der Waals surface area contributed by atoms with E-state index in [1.54, 1.807) is 6.07 Å². The molecule has 0 bridgehead atoms. The van der Waals surface area contributed by atoms with Crippen molar-refractivity contribution in [1.29, 1.82) is 5.26 Å². The summed E-state index contributed by atoms with van der Waals surface area (Å²) in [6.45, 7) is 0.335. The van der Waals surface area contributed by atoms with E-state index < -0.39 is 24.3 Å². The Morgan fingerprint density at radius 1 is 1.24 bits per heavy atom. The summed E-state index contributed by atoms with van der Waals surface area (Å²) in [5, 5.41) is 18.9. The third-order valence-electron chi connectivity index (χ3n) is 4.43. The van der Waals surface area contributed by atoms with Crippen LogP contribution in [-0.2, 0) is 12.8 Å². The van der Waals surface area contributed by atoms with Gasteiger partial charge < -0.3 is 14.6 Å². The Balaban J connectivity index is 1.83. The lowest BCUT2D eigenvalue weighted by atomic mass is 9.99. The number of hydrogen-bond donors (Lipinski definition) is 1. The van der Waals surface area contributed by atoms with Gasteiger partial charge in [-0.1, -0.05) is 0 Å². The van der Waals surface area contributed by atoms with Gasteiger partial charge >= 0.3 is 0 Å². The molecule has 2 aliphatic rings. The highest BCUT2D eigenvalue weighted by Gasteiger charge is 2.50. The molecule has 128 valence electrons. The number of alkyl halides is 2. The molecule has 4 nitrogen and oxygen atoms in total. The van der Waals surface area contributed by atoms with Crippen molar-refractivity contribution < 1.29 is 27.8 Å². The molecular formula is C18H12F3NO3. The van der Waals surface area contributed by atoms with E-state index in [0.29, 0.717) is 24.3 Å². The molecule has 0 saturated heterocycles. The van der Waals surface area contributed by atoms with Crippen molar-refractivity contribution in [2.75, 3.05) is 6.61 Å². The number of nitrogens with zero attached hydrogens (tertiary/aromatic N) is 1. The summed E-state index contributed by atoms with van der Waals surface area (Å²) in [5.74, 6) is -3.52. The fraction of sp³-hybridized carbons (Fsp3) is 0.278. The van der Waals surface area contributed by atoms with E-state index >= 15 is 0 Å². The average molecular weight is 347 g/mol. The zero-order chi connectivity index (χ0) is 17.8. The molecule has 1 N–H and O–H groups in total. The first-order valence-corrected chi connectivity index (χ1v) is 7.65. The number of nitriles is 1. The predicted molar refractivity (Wildman–Crippen MR) is 80.4 cm³/mol. The minimum absolute atomic E-state index is 0.0152. The lowest BCUT2D eigenvalue weighted by Gasteiger charge is -2.15. The van der Waals surface area contributed by atoms with Crippen LogP contribution in [0.1, 0.15) is 28.4 Å². The lowest BCUT2D eigenvalue weighted by Crippen LogP contribution is -2.21. The Kier molecular flexibility index (Phi) is 3.41. The second-order valence-corrected chi connectivity index (χ2v) is 6.07. The van der Waals surface area contributed by atoms with Crippen LogP contribution < -0.4 is 9.47 Å². The molecule has 2 aromatic carbocycles. The molecule has 0 spiro atoms. The number of halogens is 3. The molecule has 1 unspecified atom stereocenters. The second kappa shape index (κ2) is 5.39. The maximum Gasteiger partial charge on any atom is 0.281 e. The summed E-state index contributed by atoms with van der Waals surface area (Å²) in [5.41, 5.74) is 0.926. The third-order valence-corrected chi connectivity index (χ3v) is 4.43. The summed E-state index contributed by atoms with van der Waals surface area (Å²) < 4.78 is 52.7. The maximum atomic E-state index is 14.1. The zero-order valence-electron chi connectivity index (χ0n) is 12.9. The molecule has 25 heavy (non-hydrogen) atoms. The van der Waals surface area contributed by atoms with Crippen molar-refractivity contribution >= 4 is 0 Å². The average Bonchev–Trinajstić information content (AvgIpc) is 3.10. The Morgan fingerprint density at radius 3 is 2.80 bits per heavy atom. The van der Waals surface area contributed by atoms with Gasteiger partial charge in [-0.2, -0.15) is 5.26 Å². The SMILES string of the molecule is N#Cc1cc(F)cc(Oc2cc3c(c4c2CC(F)(F)C4O)CCO3)c1. The molecule has 1 heterocycles. The summed E-state index contributed by atoms with van der Waals surface area (Å²) in [7, 11) is 0. The highest BCUT2D eigenvalue weighted by molar-refractivity contribution is 5.59. The summed E-state index contributed by atoms with van der Waals surface area (Å²) in [4.78, 5) is 0. The summed E-state index contributed by atoms with van der Waals surface area (Å²) in [6.07, 6.45) is -2.17. The van der Waals surface area contributed by atoms with E-state index in [0.717, 1.165) is 12.1 Å². The molecular weight excluding hydrogens is 335 g/mol. The van der Waals surface area contributed by atoms with Crippen LogP contribution in [0.3, 0.4) is 0 Å².